The molecule has 0 radical (unpaired) electrons. The fourth-order valence-electron chi connectivity index (χ4n) is 2.32. The summed E-state index contributed by atoms with van der Waals surface area (Å²) in [7, 11) is 0. The van der Waals surface area contributed by atoms with Crippen LogP contribution >= 0.6 is 0 Å². The normalized spacial score (nSPS) is 10.6. The van der Waals surface area contributed by atoms with Gasteiger partial charge in [0.25, 0.3) is 0 Å². The number of H-pyrrole nitrogens is 1. The summed E-state index contributed by atoms with van der Waals surface area (Å²) in [6, 6.07) is 8.75. The van der Waals surface area contributed by atoms with Gasteiger partial charge in [-0.05, 0) is 37.6 Å². The highest BCUT2D eigenvalue weighted by Crippen LogP contribution is 2.26. The van der Waals surface area contributed by atoms with Gasteiger partial charge in [-0.2, -0.15) is 0 Å². The van der Waals surface area contributed by atoms with Crippen LogP contribution < -0.4 is 5.32 Å². The zero-order chi connectivity index (χ0) is 14.8. The van der Waals surface area contributed by atoms with Gasteiger partial charge in [0.15, 0.2) is 0 Å². The number of phenolic OH excluding ortho intramolecular Hbond substituents is 1. The molecule has 0 amide bonds. The molecule has 0 fully saturated rings. The summed E-state index contributed by atoms with van der Waals surface area (Å²) in [5.74, 6) is 0.701. The number of nitrogens with zero attached hydrogens (tertiary/aromatic N) is 2. The van der Waals surface area contributed by atoms with Crippen LogP contribution in [0.5, 0.6) is 5.75 Å². The summed E-state index contributed by atoms with van der Waals surface area (Å²) in [4.78, 5) is 12.0. The lowest BCUT2D eigenvalue weighted by atomic mass is 10.1. The lowest BCUT2D eigenvalue weighted by Crippen LogP contribution is -1.98. The Kier molecular flexibility index (Phi) is 3.31. The number of anilines is 2. The van der Waals surface area contributed by atoms with E-state index in [2.05, 4.69) is 20.3 Å². The van der Waals surface area contributed by atoms with Crippen molar-refractivity contribution in [3.05, 3.63) is 54.0 Å². The highest BCUT2D eigenvalue weighted by molar-refractivity contribution is 5.67. The van der Waals surface area contributed by atoms with Crippen molar-refractivity contribution in [2.24, 2.45) is 0 Å². The standard InChI is InChI=1S/C16H16N4O/c1-10-9-18-11(2)15(10)14-6-7-17-16(20-14)19-12-4-3-5-13(21)8-12/h3-9,18,21H,1-2H3,(H,17,19,20). The van der Waals surface area contributed by atoms with Gasteiger partial charge in [0.05, 0.1) is 5.69 Å². The molecule has 3 aromatic rings. The molecule has 2 heterocycles. The van der Waals surface area contributed by atoms with Gasteiger partial charge in [-0.1, -0.05) is 6.07 Å². The van der Waals surface area contributed by atoms with Crippen LogP contribution in [0.25, 0.3) is 11.3 Å². The molecule has 21 heavy (non-hydrogen) atoms. The Labute approximate surface area is 122 Å². The van der Waals surface area contributed by atoms with E-state index in [0.717, 1.165) is 28.2 Å². The van der Waals surface area contributed by atoms with E-state index in [4.69, 9.17) is 0 Å². The van der Waals surface area contributed by atoms with Crippen molar-refractivity contribution in [2.45, 2.75) is 13.8 Å². The van der Waals surface area contributed by atoms with E-state index in [0.29, 0.717) is 5.95 Å². The van der Waals surface area contributed by atoms with Crippen molar-refractivity contribution >= 4 is 11.6 Å². The van der Waals surface area contributed by atoms with E-state index >= 15 is 0 Å². The molecule has 0 saturated carbocycles. The van der Waals surface area contributed by atoms with Crippen LogP contribution in [0.3, 0.4) is 0 Å². The minimum Gasteiger partial charge on any atom is -0.508 e. The van der Waals surface area contributed by atoms with E-state index in [1.807, 2.05) is 32.2 Å². The van der Waals surface area contributed by atoms with Gasteiger partial charge in [-0.15, -0.1) is 0 Å². The molecule has 1 aromatic carbocycles. The number of phenols is 1. The molecule has 0 unspecified atom stereocenters. The Morgan fingerprint density at radius 2 is 2.05 bits per heavy atom. The van der Waals surface area contributed by atoms with E-state index in [9.17, 15) is 5.11 Å². The first kappa shape index (κ1) is 13.2. The zero-order valence-electron chi connectivity index (χ0n) is 11.9. The predicted octanol–water partition coefficient (Wildman–Crippen LogP) is 3.54. The molecule has 0 aliphatic heterocycles. The summed E-state index contributed by atoms with van der Waals surface area (Å²) < 4.78 is 0. The van der Waals surface area contributed by atoms with E-state index in [1.54, 1.807) is 24.4 Å². The first-order chi connectivity index (χ1) is 10.1. The molecule has 0 saturated heterocycles. The van der Waals surface area contributed by atoms with Gasteiger partial charge in [-0.3, -0.25) is 0 Å². The summed E-state index contributed by atoms with van der Waals surface area (Å²) in [6.45, 7) is 4.07. The molecule has 106 valence electrons. The molecule has 0 atom stereocenters. The van der Waals surface area contributed by atoms with Gasteiger partial charge in [0.2, 0.25) is 5.95 Å². The van der Waals surface area contributed by atoms with Gasteiger partial charge >= 0.3 is 0 Å². The number of nitrogens with one attached hydrogen (secondary N) is 2. The Morgan fingerprint density at radius 1 is 1.19 bits per heavy atom. The third-order valence-corrected chi connectivity index (χ3v) is 3.29. The fraction of sp³-hybridized carbons (Fsp3) is 0.125. The summed E-state index contributed by atoms with van der Waals surface area (Å²) in [6.07, 6.45) is 3.69. The third kappa shape index (κ3) is 2.72. The van der Waals surface area contributed by atoms with Gasteiger partial charge in [0.1, 0.15) is 5.75 Å². The van der Waals surface area contributed by atoms with Crippen LogP contribution in [0.4, 0.5) is 11.6 Å². The minimum absolute atomic E-state index is 0.202. The quantitative estimate of drug-likeness (QED) is 0.686. The third-order valence-electron chi connectivity index (χ3n) is 3.29. The number of hydrogen-bond acceptors (Lipinski definition) is 4. The molecule has 3 rings (SSSR count). The lowest BCUT2D eigenvalue weighted by molar-refractivity contribution is 0.475. The lowest BCUT2D eigenvalue weighted by Gasteiger charge is -2.07. The smallest absolute Gasteiger partial charge is 0.227 e. The van der Waals surface area contributed by atoms with Crippen LogP contribution in [-0.4, -0.2) is 20.1 Å². The van der Waals surface area contributed by atoms with Crippen LogP contribution in [-0.2, 0) is 0 Å². The second-order valence-corrected chi connectivity index (χ2v) is 4.91. The number of aryl methyl sites for hydroxylation is 2. The van der Waals surface area contributed by atoms with Crippen molar-refractivity contribution in [1.29, 1.82) is 0 Å². The molecule has 0 aliphatic rings. The van der Waals surface area contributed by atoms with Crippen LogP contribution in [0.15, 0.2) is 42.7 Å². The van der Waals surface area contributed by atoms with E-state index in [1.165, 1.54) is 0 Å². The number of benzene rings is 1. The second-order valence-electron chi connectivity index (χ2n) is 4.91. The summed E-state index contributed by atoms with van der Waals surface area (Å²) in [5, 5.41) is 12.6. The van der Waals surface area contributed by atoms with Crippen molar-refractivity contribution in [3.63, 3.8) is 0 Å². The molecule has 0 spiro atoms. The fourth-order valence-corrected chi connectivity index (χ4v) is 2.32. The Bertz CT molecular complexity index is 760. The molecular weight excluding hydrogens is 264 g/mol. The average molecular weight is 280 g/mol. The molecular formula is C16H16N4O. The maximum atomic E-state index is 9.48. The Balaban J connectivity index is 1.94. The molecule has 5 heteroatoms. The number of aromatic nitrogens is 3. The van der Waals surface area contributed by atoms with Crippen LogP contribution in [0, 0.1) is 13.8 Å². The maximum Gasteiger partial charge on any atom is 0.227 e. The highest BCUT2D eigenvalue weighted by atomic mass is 16.3. The van der Waals surface area contributed by atoms with Gasteiger partial charge in [-0.25, -0.2) is 9.97 Å². The number of aromatic amines is 1. The summed E-state index contributed by atoms with van der Waals surface area (Å²) in [5.41, 5.74) is 4.93. The first-order valence-electron chi connectivity index (χ1n) is 6.67. The van der Waals surface area contributed by atoms with Crippen LogP contribution in [0.2, 0.25) is 0 Å². The predicted molar refractivity (Wildman–Crippen MR) is 82.7 cm³/mol. The van der Waals surface area contributed by atoms with Gasteiger partial charge < -0.3 is 15.4 Å². The average Bonchev–Trinajstić information content (AvgIpc) is 2.78. The number of hydrogen-bond donors (Lipinski definition) is 3. The van der Waals surface area contributed by atoms with Crippen molar-refractivity contribution in [2.75, 3.05) is 5.32 Å². The largest absolute Gasteiger partial charge is 0.508 e. The Morgan fingerprint density at radius 3 is 2.76 bits per heavy atom. The molecule has 3 N–H and O–H groups in total. The van der Waals surface area contributed by atoms with Crippen molar-refractivity contribution in [1.82, 2.24) is 15.0 Å². The number of aromatic hydroxyl groups is 1. The van der Waals surface area contributed by atoms with Crippen LogP contribution in [0.1, 0.15) is 11.3 Å². The monoisotopic (exact) mass is 280 g/mol. The van der Waals surface area contributed by atoms with Gasteiger partial charge in [0, 0.05) is 35.4 Å². The Hall–Kier alpha value is -2.82. The molecule has 5 nitrogen and oxygen atoms in total. The van der Waals surface area contributed by atoms with Crippen molar-refractivity contribution in [3.8, 4) is 17.0 Å². The molecule has 0 aliphatic carbocycles. The molecule has 2 aromatic heterocycles. The maximum absolute atomic E-state index is 9.48. The molecule has 0 bridgehead atoms. The SMILES string of the molecule is Cc1c[nH]c(C)c1-c1ccnc(Nc2cccc(O)c2)n1. The summed E-state index contributed by atoms with van der Waals surface area (Å²) >= 11 is 0. The topological polar surface area (TPSA) is 73.8 Å². The van der Waals surface area contributed by atoms with E-state index < -0.39 is 0 Å². The van der Waals surface area contributed by atoms with E-state index in [-0.39, 0.29) is 5.75 Å². The zero-order valence-corrected chi connectivity index (χ0v) is 11.9. The number of rotatable bonds is 3. The minimum atomic E-state index is 0.202. The first-order valence-corrected chi connectivity index (χ1v) is 6.67. The second kappa shape index (κ2) is 5.28. The highest BCUT2D eigenvalue weighted by Gasteiger charge is 2.10. The van der Waals surface area contributed by atoms with Crippen molar-refractivity contribution < 1.29 is 5.11 Å².